The Morgan fingerprint density at radius 3 is 2.54 bits per heavy atom. The van der Waals surface area contributed by atoms with E-state index in [1.54, 1.807) is 0 Å². The maximum atomic E-state index is 10.9. The van der Waals surface area contributed by atoms with Crippen LogP contribution in [-0.2, 0) is 23.9 Å². The van der Waals surface area contributed by atoms with Gasteiger partial charge in [0.15, 0.2) is 6.10 Å². The predicted octanol–water partition coefficient (Wildman–Crippen LogP) is -1.94. The fraction of sp³-hybridized carbons (Fsp3) is 0.571. The minimum Gasteiger partial charge on any atom is -0.445 e. The number of hydrogen-bond acceptors (Lipinski definition) is 6. The van der Waals surface area contributed by atoms with Crippen molar-refractivity contribution in [2.75, 3.05) is 13.7 Å². The monoisotopic (exact) mass is 188 g/mol. The summed E-state index contributed by atoms with van der Waals surface area (Å²) < 4.78 is 8.86. The number of esters is 1. The van der Waals surface area contributed by atoms with Crippen LogP contribution in [0.15, 0.2) is 0 Å². The van der Waals surface area contributed by atoms with Crippen LogP contribution in [0.2, 0.25) is 0 Å². The molecule has 2 atom stereocenters. The lowest BCUT2D eigenvalue weighted by atomic mass is 10.1. The Hall–Kier alpha value is -1.27. The summed E-state index contributed by atoms with van der Waals surface area (Å²) in [5, 5.41) is 9.18. The van der Waals surface area contributed by atoms with Gasteiger partial charge in [-0.3, -0.25) is 9.59 Å². The van der Waals surface area contributed by atoms with Gasteiger partial charge < -0.3 is 14.6 Å². The molecule has 1 fully saturated rings. The number of methoxy groups -OCH3 is 1. The summed E-state index contributed by atoms with van der Waals surface area (Å²) in [5.41, 5.74) is 0. The smallest absolute Gasteiger partial charge is 0.383 e. The molecule has 1 saturated heterocycles. The van der Waals surface area contributed by atoms with E-state index < -0.39 is 29.7 Å². The van der Waals surface area contributed by atoms with Crippen LogP contribution >= 0.6 is 0 Å². The SMILES string of the molecule is COC[C@H](O)[C@H]1OC(=O)C(=O)C1=O. The first-order valence-corrected chi connectivity index (χ1v) is 3.54. The molecule has 6 nitrogen and oxygen atoms in total. The Morgan fingerprint density at radius 2 is 2.15 bits per heavy atom. The fourth-order valence-corrected chi connectivity index (χ4v) is 0.964. The number of ether oxygens (including phenoxy) is 2. The molecular weight excluding hydrogens is 180 g/mol. The van der Waals surface area contributed by atoms with Gasteiger partial charge in [-0.2, -0.15) is 0 Å². The van der Waals surface area contributed by atoms with Gasteiger partial charge in [-0.25, -0.2) is 4.79 Å². The standard InChI is InChI=1S/C7H8O6/c1-12-2-3(8)6-4(9)5(10)7(11)13-6/h3,6,8H,2H2,1H3/t3-,6+/m0/s1. The van der Waals surface area contributed by atoms with Crippen molar-refractivity contribution in [3.63, 3.8) is 0 Å². The van der Waals surface area contributed by atoms with Crippen LogP contribution in [0.4, 0.5) is 0 Å². The number of hydrogen-bond donors (Lipinski definition) is 1. The van der Waals surface area contributed by atoms with E-state index in [0.717, 1.165) is 0 Å². The van der Waals surface area contributed by atoms with Gasteiger partial charge in [0, 0.05) is 7.11 Å². The Bertz CT molecular complexity index is 258. The third-order valence-corrected chi connectivity index (χ3v) is 1.59. The van der Waals surface area contributed by atoms with E-state index in [4.69, 9.17) is 0 Å². The van der Waals surface area contributed by atoms with Crippen LogP contribution in [0.1, 0.15) is 0 Å². The molecule has 0 aromatic carbocycles. The van der Waals surface area contributed by atoms with E-state index in [0.29, 0.717) is 0 Å². The highest BCUT2D eigenvalue weighted by atomic mass is 16.6. The van der Waals surface area contributed by atoms with E-state index >= 15 is 0 Å². The highest BCUT2D eigenvalue weighted by Gasteiger charge is 2.45. The molecule has 0 radical (unpaired) electrons. The van der Waals surface area contributed by atoms with Crippen molar-refractivity contribution in [1.29, 1.82) is 0 Å². The summed E-state index contributed by atoms with van der Waals surface area (Å²) in [5.74, 6) is -3.46. The van der Waals surface area contributed by atoms with Crippen molar-refractivity contribution in [3.05, 3.63) is 0 Å². The summed E-state index contributed by atoms with van der Waals surface area (Å²) in [6.45, 7) is -0.170. The zero-order valence-corrected chi connectivity index (χ0v) is 6.85. The molecule has 13 heavy (non-hydrogen) atoms. The number of carbonyl (C=O) groups is 3. The van der Waals surface area contributed by atoms with Gasteiger partial charge in [0.2, 0.25) is 0 Å². The van der Waals surface area contributed by atoms with Crippen LogP contribution in [-0.4, -0.2) is 48.6 Å². The number of rotatable bonds is 3. The van der Waals surface area contributed by atoms with Crippen molar-refractivity contribution >= 4 is 17.5 Å². The van der Waals surface area contributed by atoms with Gasteiger partial charge in [-0.1, -0.05) is 0 Å². The number of aliphatic hydroxyl groups excluding tert-OH is 1. The number of cyclic esters (lactones) is 1. The second-order valence-electron chi connectivity index (χ2n) is 2.54. The zero-order valence-electron chi connectivity index (χ0n) is 6.85. The lowest BCUT2D eigenvalue weighted by Crippen LogP contribution is -2.36. The van der Waals surface area contributed by atoms with Crippen molar-refractivity contribution in [1.82, 2.24) is 0 Å². The summed E-state index contributed by atoms with van der Waals surface area (Å²) in [7, 11) is 1.31. The summed E-state index contributed by atoms with van der Waals surface area (Å²) in [4.78, 5) is 32.1. The highest BCUT2D eigenvalue weighted by Crippen LogP contribution is 2.11. The molecule has 1 aliphatic rings. The van der Waals surface area contributed by atoms with Crippen molar-refractivity contribution in [2.45, 2.75) is 12.2 Å². The first-order valence-electron chi connectivity index (χ1n) is 3.54. The average molecular weight is 188 g/mol. The Labute approximate surface area is 73.4 Å². The molecule has 72 valence electrons. The van der Waals surface area contributed by atoms with Crippen LogP contribution in [0.25, 0.3) is 0 Å². The fourth-order valence-electron chi connectivity index (χ4n) is 0.964. The lowest BCUT2D eigenvalue weighted by molar-refractivity contribution is -0.152. The third-order valence-electron chi connectivity index (χ3n) is 1.59. The first kappa shape index (κ1) is 9.82. The van der Waals surface area contributed by atoms with Crippen LogP contribution in [0.3, 0.4) is 0 Å². The maximum absolute atomic E-state index is 10.9. The van der Waals surface area contributed by atoms with Crippen LogP contribution < -0.4 is 0 Å². The number of ketones is 2. The molecule has 0 bridgehead atoms. The van der Waals surface area contributed by atoms with Crippen molar-refractivity contribution in [2.24, 2.45) is 0 Å². The van der Waals surface area contributed by atoms with E-state index in [2.05, 4.69) is 9.47 Å². The summed E-state index contributed by atoms with van der Waals surface area (Å²) in [6, 6.07) is 0. The van der Waals surface area contributed by atoms with Gasteiger partial charge in [-0.05, 0) is 0 Å². The first-order chi connectivity index (χ1) is 6.07. The minimum atomic E-state index is -1.40. The Morgan fingerprint density at radius 1 is 1.54 bits per heavy atom. The molecule has 0 saturated carbocycles. The average Bonchev–Trinajstić information content (AvgIpc) is 2.33. The quantitative estimate of drug-likeness (QED) is 0.409. The molecular formula is C7H8O6. The van der Waals surface area contributed by atoms with Crippen LogP contribution in [0, 0.1) is 0 Å². The summed E-state index contributed by atoms with van der Waals surface area (Å²) in [6.07, 6.45) is -2.69. The number of Topliss-reactive ketones (excluding diaryl/α,β-unsaturated/α-hetero) is 2. The summed E-state index contributed by atoms with van der Waals surface area (Å²) >= 11 is 0. The second-order valence-corrected chi connectivity index (χ2v) is 2.54. The molecule has 1 aliphatic heterocycles. The molecule has 0 amide bonds. The number of aliphatic hydroxyl groups is 1. The molecule has 0 aliphatic carbocycles. The highest BCUT2D eigenvalue weighted by molar-refractivity contribution is 6.65. The van der Waals surface area contributed by atoms with Gasteiger partial charge in [0.25, 0.3) is 5.78 Å². The van der Waals surface area contributed by atoms with Gasteiger partial charge in [0.1, 0.15) is 6.10 Å². The molecule has 0 aromatic rings. The van der Waals surface area contributed by atoms with E-state index in [1.807, 2.05) is 0 Å². The Kier molecular flexibility index (Phi) is 2.74. The third kappa shape index (κ3) is 1.73. The second kappa shape index (κ2) is 3.63. The van der Waals surface area contributed by atoms with Crippen molar-refractivity contribution in [3.8, 4) is 0 Å². The maximum Gasteiger partial charge on any atom is 0.383 e. The van der Waals surface area contributed by atoms with Gasteiger partial charge >= 0.3 is 11.8 Å². The van der Waals surface area contributed by atoms with Crippen molar-refractivity contribution < 1.29 is 29.0 Å². The predicted molar refractivity (Wildman–Crippen MR) is 37.8 cm³/mol. The molecule has 0 spiro atoms. The topological polar surface area (TPSA) is 89.9 Å². The van der Waals surface area contributed by atoms with Crippen LogP contribution in [0.5, 0.6) is 0 Å². The Balaban J connectivity index is 2.68. The molecule has 1 heterocycles. The van der Waals surface area contributed by atoms with E-state index in [1.165, 1.54) is 7.11 Å². The minimum absolute atomic E-state index is 0.170. The molecule has 6 heteroatoms. The molecule has 1 rings (SSSR count). The van der Waals surface area contributed by atoms with Gasteiger partial charge in [0.05, 0.1) is 6.61 Å². The lowest BCUT2D eigenvalue weighted by Gasteiger charge is -2.13. The largest absolute Gasteiger partial charge is 0.445 e. The zero-order chi connectivity index (χ0) is 10.0. The normalized spacial score (nSPS) is 24.8. The number of carbonyl (C=O) groups excluding carboxylic acids is 3. The molecule has 0 unspecified atom stereocenters. The van der Waals surface area contributed by atoms with Gasteiger partial charge in [-0.15, -0.1) is 0 Å². The molecule has 0 aromatic heterocycles. The van der Waals surface area contributed by atoms with E-state index in [-0.39, 0.29) is 6.61 Å². The van der Waals surface area contributed by atoms with E-state index in [9.17, 15) is 19.5 Å². The molecule has 1 N–H and O–H groups in total.